The van der Waals surface area contributed by atoms with E-state index in [1.807, 2.05) is 44.2 Å². The molecule has 0 spiro atoms. The Hall–Kier alpha value is -1.92. The molecule has 1 aromatic heterocycles. The molecule has 2 unspecified atom stereocenters. The van der Waals surface area contributed by atoms with Crippen LogP contribution in [0.15, 0.2) is 36.5 Å². The quantitative estimate of drug-likeness (QED) is 0.795. The van der Waals surface area contributed by atoms with E-state index in [1.54, 1.807) is 6.20 Å². The molecule has 1 aromatic carbocycles. The fourth-order valence-corrected chi connectivity index (χ4v) is 2.52. The van der Waals surface area contributed by atoms with Crippen molar-refractivity contribution in [3.63, 3.8) is 0 Å². The lowest BCUT2D eigenvalue weighted by Crippen LogP contribution is -2.40. The second-order valence-corrected chi connectivity index (χ2v) is 5.97. The van der Waals surface area contributed by atoms with Crippen molar-refractivity contribution < 1.29 is 9.90 Å². The van der Waals surface area contributed by atoms with E-state index in [0.717, 1.165) is 10.4 Å². The Morgan fingerprint density at radius 3 is 2.71 bits per heavy atom. The van der Waals surface area contributed by atoms with Crippen LogP contribution in [-0.4, -0.2) is 28.8 Å². The summed E-state index contributed by atoms with van der Waals surface area (Å²) >= 11 is 1.42. The number of aromatic nitrogens is 1. The summed E-state index contributed by atoms with van der Waals surface area (Å²) < 4.78 is 0. The smallest absolute Gasteiger partial charge is 0.321 e. The van der Waals surface area contributed by atoms with E-state index < -0.39 is 0 Å². The van der Waals surface area contributed by atoms with Crippen LogP contribution in [0.5, 0.6) is 0 Å². The molecular formula is C15H19N3O2S. The van der Waals surface area contributed by atoms with Crippen LogP contribution in [0.4, 0.5) is 9.93 Å². The van der Waals surface area contributed by atoms with Crippen molar-refractivity contribution in [1.29, 1.82) is 0 Å². The summed E-state index contributed by atoms with van der Waals surface area (Å²) in [5.41, 5.74) is 1.07. The molecule has 6 heteroatoms. The second kappa shape index (κ2) is 7.19. The highest BCUT2D eigenvalue weighted by Gasteiger charge is 2.14. The van der Waals surface area contributed by atoms with Gasteiger partial charge in [-0.15, -0.1) is 0 Å². The van der Waals surface area contributed by atoms with Crippen LogP contribution >= 0.6 is 11.3 Å². The summed E-state index contributed by atoms with van der Waals surface area (Å²) in [7, 11) is 0. The molecule has 2 rings (SSSR count). The zero-order valence-corrected chi connectivity index (χ0v) is 12.9. The summed E-state index contributed by atoms with van der Waals surface area (Å²) in [4.78, 5) is 17.1. The number of thiazole rings is 1. The van der Waals surface area contributed by atoms with Gasteiger partial charge in [-0.1, -0.05) is 48.6 Å². The topological polar surface area (TPSA) is 74.2 Å². The number of nitrogens with zero attached hydrogens (tertiary/aromatic N) is 1. The number of hydrogen-bond donors (Lipinski definition) is 3. The molecule has 2 atom stereocenters. The van der Waals surface area contributed by atoms with Crippen LogP contribution in [0.3, 0.4) is 0 Å². The predicted octanol–water partition coefficient (Wildman–Crippen LogP) is 2.95. The molecule has 1 heterocycles. The van der Waals surface area contributed by atoms with Crippen molar-refractivity contribution in [1.82, 2.24) is 10.3 Å². The van der Waals surface area contributed by atoms with Gasteiger partial charge in [0.1, 0.15) is 0 Å². The number of carbonyl (C=O) groups is 1. The van der Waals surface area contributed by atoms with Gasteiger partial charge in [0.15, 0.2) is 5.13 Å². The number of amides is 2. The first-order valence-electron chi connectivity index (χ1n) is 6.79. The maximum atomic E-state index is 11.9. The molecule has 0 aliphatic heterocycles. The molecular weight excluding hydrogens is 286 g/mol. The molecule has 0 aliphatic carbocycles. The Balaban J connectivity index is 1.95. The van der Waals surface area contributed by atoms with Gasteiger partial charge in [-0.05, 0) is 18.4 Å². The Morgan fingerprint density at radius 1 is 1.33 bits per heavy atom. The summed E-state index contributed by atoms with van der Waals surface area (Å²) in [5, 5.41) is 15.1. The van der Waals surface area contributed by atoms with Gasteiger partial charge in [-0.2, -0.15) is 0 Å². The Morgan fingerprint density at radius 2 is 2.05 bits per heavy atom. The molecule has 2 aromatic rings. The Kier molecular flexibility index (Phi) is 5.30. The number of aliphatic hydroxyl groups excluding tert-OH is 1. The first-order chi connectivity index (χ1) is 10.1. The van der Waals surface area contributed by atoms with Crippen LogP contribution in [0.1, 0.15) is 13.8 Å². The summed E-state index contributed by atoms with van der Waals surface area (Å²) in [5.74, 6) is 0.00641. The van der Waals surface area contributed by atoms with Gasteiger partial charge in [-0.3, -0.25) is 5.32 Å². The maximum Gasteiger partial charge on any atom is 0.321 e. The van der Waals surface area contributed by atoms with Crippen molar-refractivity contribution in [3.05, 3.63) is 36.5 Å². The van der Waals surface area contributed by atoms with E-state index in [-0.39, 0.29) is 24.6 Å². The minimum absolute atomic E-state index is 0.00641. The zero-order valence-electron chi connectivity index (χ0n) is 12.0. The summed E-state index contributed by atoms with van der Waals surface area (Å²) in [6, 6.07) is 9.48. The van der Waals surface area contributed by atoms with Crippen molar-refractivity contribution in [2.45, 2.75) is 19.9 Å². The molecule has 3 N–H and O–H groups in total. The van der Waals surface area contributed by atoms with Gasteiger partial charge in [0, 0.05) is 18.8 Å². The third-order valence-corrected chi connectivity index (χ3v) is 4.25. The first-order valence-corrected chi connectivity index (χ1v) is 7.61. The fourth-order valence-electron chi connectivity index (χ4n) is 1.71. The third kappa shape index (κ3) is 4.27. The Bertz CT molecular complexity index is 586. The minimum Gasteiger partial charge on any atom is -0.396 e. The summed E-state index contributed by atoms with van der Waals surface area (Å²) in [6.07, 6.45) is 1.75. The van der Waals surface area contributed by atoms with Crippen molar-refractivity contribution in [3.8, 4) is 10.4 Å². The number of benzene rings is 1. The largest absolute Gasteiger partial charge is 0.396 e. The molecule has 0 saturated carbocycles. The fraction of sp³-hybridized carbons (Fsp3) is 0.333. The lowest BCUT2D eigenvalue weighted by molar-refractivity contribution is 0.204. The molecule has 5 nitrogen and oxygen atoms in total. The standard InChI is InChI=1S/C15H19N3O2S/c1-10(9-19)11(2)17-14(20)18-15-16-8-13(21-15)12-6-4-3-5-7-12/h3-8,10-11,19H,9H2,1-2H3,(H2,16,17,18,20). The Labute approximate surface area is 128 Å². The number of nitrogens with one attached hydrogen (secondary N) is 2. The highest BCUT2D eigenvalue weighted by atomic mass is 32.1. The summed E-state index contributed by atoms with van der Waals surface area (Å²) in [6.45, 7) is 3.77. The van der Waals surface area contributed by atoms with Gasteiger partial charge in [-0.25, -0.2) is 9.78 Å². The van der Waals surface area contributed by atoms with E-state index in [2.05, 4.69) is 15.6 Å². The van der Waals surface area contributed by atoms with Gasteiger partial charge in [0.2, 0.25) is 0 Å². The van der Waals surface area contributed by atoms with Crippen LogP contribution < -0.4 is 10.6 Å². The number of carbonyl (C=O) groups excluding carboxylic acids is 1. The number of rotatable bonds is 5. The van der Waals surface area contributed by atoms with Gasteiger partial charge < -0.3 is 10.4 Å². The SMILES string of the molecule is CC(CO)C(C)NC(=O)Nc1ncc(-c2ccccc2)s1. The third-order valence-electron chi connectivity index (χ3n) is 3.28. The van der Waals surface area contributed by atoms with Gasteiger partial charge >= 0.3 is 6.03 Å². The monoisotopic (exact) mass is 305 g/mol. The van der Waals surface area contributed by atoms with E-state index in [1.165, 1.54) is 11.3 Å². The molecule has 112 valence electrons. The predicted molar refractivity (Wildman–Crippen MR) is 85.4 cm³/mol. The zero-order chi connectivity index (χ0) is 15.2. The molecule has 0 saturated heterocycles. The molecule has 0 radical (unpaired) electrons. The van der Waals surface area contributed by atoms with Crippen LogP contribution in [0, 0.1) is 5.92 Å². The van der Waals surface area contributed by atoms with Crippen molar-refractivity contribution in [2.24, 2.45) is 5.92 Å². The van der Waals surface area contributed by atoms with E-state index in [4.69, 9.17) is 5.11 Å². The van der Waals surface area contributed by atoms with Crippen molar-refractivity contribution >= 4 is 22.5 Å². The molecule has 0 aliphatic rings. The van der Waals surface area contributed by atoms with Crippen LogP contribution in [0.25, 0.3) is 10.4 Å². The van der Waals surface area contributed by atoms with Gasteiger partial charge in [0.05, 0.1) is 4.88 Å². The first kappa shape index (κ1) is 15.5. The van der Waals surface area contributed by atoms with Crippen molar-refractivity contribution in [2.75, 3.05) is 11.9 Å². The van der Waals surface area contributed by atoms with E-state index >= 15 is 0 Å². The number of anilines is 1. The molecule has 21 heavy (non-hydrogen) atoms. The molecule has 0 fully saturated rings. The average Bonchev–Trinajstić information content (AvgIpc) is 2.95. The molecule has 0 bridgehead atoms. The minimum atomic E-state index is -0.309. The van der Waals surface area contributed by atoms with Crippen LogP contribution in [0.2, 0.25) is 0 Å². The number of aliphatic hydroxyl groups is 1. The lowest BCUT2D eigenvalue weighted by atomic mass is 10.1. The number of urea groups is 1. The van der Waals surface area contributed by atoms with E-state index in [0.29, 0.717) is 5.13 Å². The lowest BCUT2D eigenvalue weighted by Gasteiger charge is -2.18. The normalized spacial score (nSPS) is 13.5. The van der Waals surface area contributed by atoms with Gasteiger partial charge in [0.25, 0.3) is 0 Å². The average molecular weight is 305 g/mol. The highest BCUT2D eigenvalue weighted by Crippen LogP contribution is 2.28. The maximum absolute atomic E-state index is 11.9. The molecule has 2 amide bonds. The number of hydrogen-bond acceptors (Lipinski definition) is 4. The highest BCUT2D eigenvalue weighted by molar-refractivity contribution is 7.19. The van der Waals surface area contributed by atoms with E-state index in [9.17, 15) is 4.79 Å². The second-order valence-electron chi connectivity index (χ2n) is 4.94. The van der Waals surface area contributed by atoms with Crippen LogP contribution in [-0.2, 0) is 0 Å².